The number of aromatic nitrogens is 1. The van der Waals surface area contributed by atoms with Gasteiger partial charge in [-0.1, -0.05) is 30.4 Å². The summed E-state index contributed by atoms with van der Waals surface area (Å²) in [5, 5.41) is 4.04. The number of hydrogen-bond acceptors (Lipinski definition) is 5. The third-order valence-corrected chi connectivity index (χ3v) is 3.06. The smallest absolute Gasteiger partial charge is 0.307 e. The summed E-state index contributed by atoms with van der Waals surface area (Å²) >= 11 is 5.04. The Balaban J connectivity index is 2.27. The zero-order valence-corrected chi connectivity index (χ0v) is 11.9. The molecular weight excluding hydrogens is 274 g/mol. The number of nitrogens with two attached hydrogens (primary N) is 1. The van der Waals surface area contributed by atoms with Crippen LogP contribution in [0.2, 0.25) is 0 Å². The number of benzene rings is 1. The van der Waals surface area contributed by atoms with Gasteiger partial charge >= 0.3 is 5.97 Å². The second-order valence-corrected chi connectivity index (χ2v) is 4.63. The van der Waals surface area contributed by atoms with Gasteiger partial charge in [-0.3, -0.25) is 4.79 Å². The molecule has 20 heavy (non-hydrogen) atoms. The Labute approximate surface area is 122 Å². The molecule has 2 rings (SSSR count). The number of para-hydroxylation sites is 1. The van der Waals surface area contributed by atoms with Gasteiger partial charge in [0.25, 0.3) is 0 Å². The van der Waals surface area contributed by atoms with Crippen LogP contribution in [-0.4, -0.2) is 29.6 Å². The van der Waals surface area contributed by atoms with Gasteiger partial charge in [0.15, 0.2) is 0 Å². The molecule has 0 spiro atoms. The molecule has 6 heteroatoms. The van der Waals surface area contributed by atoms with Crippen LogP contribution in [0, 0.1) is 0 Å². The highest BCUT2D eigenvalue weighted by Gasteiger charge is 2.09. The Morgan fingerprint density at radius 3 is 2.90 bits per heavy atom. The number of rotatable bonds is 5. The highest BCUT2D eigenvalue weighted by Crippen LogP contribution is 2.20. The molecule has 0 aliphatic carbocycles. The molecule has 0 bridgehead atoms. The normalized spacial score (nSPS) is 10.2. The summed E-state index contributed by atoms with van der Waals surface area (Å²) in [6.45, 7) is 0.410. The van der Waals surface area contributed by atoms with Gasteiger partial charge in [-0.05, 0) is 12.1 Å². The maximum atomic E-state index is 11.1. The Kier molecular flexibility index (Phi) is 4.47. The molecule has 0 saturated carbocycles. The molecule has 0 saturated heterocycles. The largest absolute Gasteiger partial charge is 0.469 e. The first-order valence-electron chi connectivity index (χ1n) is 6.12. The second kappa shape index (κ2) is 6.29. The first-order valence-corrected chi connectivity index (χ1v) is 6.53. The van der Waals surface area contributed by atoms with Crippen molar-refractivity contribution in [1.29, 1.82) is 0 Å². The summed E-state index contributed by atoms with van der Waals surface area (Å²) < 4.78 is 4.59. The van der Waals surface area contributed by atoms with Crippen molar-refractivity contribution in [3.63, 3.8) is 0 Å². The number of nitrogens with one attached hydrogen (secondary N) is 1. The van der Waals surface area contributed by atoms with Gasteiger partial charge in [0, 0.05) is 11.9 Å². The number of ether oxygens (including phenoxy) is 1. The van der Waals surface area contributed by atoms with Crippen molar-refractivity contribution in [3.05, 3.63) is 35.9 Å². The lowest BCUT2D eigenvalue weighted by atomic mass is 10.1. The number of methoxy groups -OCH3 is 1. The summed E-state index contributed by atoms with van der Waals surface area (Å²) in [6.07, 6.45) is 0.252. The predicted octanol–water partition coefficient (Wildman–Crippen LogP) is 1.84. The molecule has 5 nitrogen and oxygen atoms in total. The van der Waals surface area contributed by atoms with E-state index in [1.54, 1.807) is 0 Å². The zero-order chi connectivity index (χ0) is 14.5. The topological polar surface area (TPSA) is 77.2 Å². The monoisotopic (exact) mass is 289 g/mol. The number of fused-ring (bicyclic) bond motifs is 1. The van der Waals surface area contributed by atoms with Crippen LogP contribution in [0.15, 0.2) is 30.3 Å². The van der Waals surface area contributed by atoms with E-state index >= 15 is 0 Å². The van der Waals surface area contributed by atoms with E-state index in [-0.39, 0.29) is 17.4 Å². The molecule has 2 aromatic rings. The average Bonchev–Trinajstić information content (AvgIpc) is 2.46. The number of nitrogens with zero attached hydrogens (tertiary/aromatic N) is 1. The van der Waals surface area contributed by atoms with Gasteiger partial charge < -0.3 is 15.8 Å². The van der Waals surface area contributed by atoms with Crippen molar-refractivity contribution in [1.82, 2.24) is 4.98 Å². The fourth-order valence-corrected chi connectivity index (χ4v) is 1.98. The van der Waals surface area contributed by atoms with E-state index in [9.17, 15) is 4.79 Å². The molecule has 1 aromatic carbocycles. The molecule has 0 amide bonds. The van der Waals surface area contributed by atoms with Gasteiger partial charge in [0.05, 0.1) is 24.6 Å². The molecule has 0 atom stereocenters. The van der Waals surface area contributed by atoms with E-state index in [0.29, 0.717) is 17.9 Å². The van der Waals surface area contributed by atoms with Crippen LogP contribution in [0.5, 0.6) is 0 Å². The third kappa shape index (κ3) is 3.21. The van der Waals surface area contributed by atoms with E-state index in [0.717, 1.165) is 10.9 Å². The minimum absolute atomic E-state index is 0.252. The first-order chi connectivity index (χ1) is 9.61. The SMILES string of the molecule is COC(=O)CCNc1nc2ccccc2cc1C(N)=S. The van der Waals surface area contributed by atoms with Gasteiger partial charge in [-0.2, -0.15) is 0 Å². The van der Waals surface area contributed by atoms with E-state index in [2.05, 4.69) is 15.0 Å². The van der Waals surface area contributed by atoms with Crippen LogP contribution in [0.4, 0.5) is 5.82 Å². The summed E-state index contributed by atoms with van der Waals surface area (Å²) in [5.74, 6) is 0.301. The maximum Gasteiger partial charge on any atom is 0.307 e. The zero-order valence-electron chi connectivity index (χ0n) is 11.1. The van der Waals surface area contributed by atoms with Gasteiger partial charge in [-0.25, -0.2) is 4.98 Å². The van der Waals surface area contributed by atoms with Crippen molar-refractivity contribution < 1.29 is 9.53 Å². The van der Waals surface area contributed by atoms with Crippen molar-refractivity contribution in [2.75, 3.05) is 19.0 Å². The summed E-state index contributed by atoms with van der Waals surface area (Å²) in [6, 6.07) is 9.59. The number of carbonyl (C=O) groups is 1. The maximum absolute atomic E-state index is 11.1. The second-order valence-electron chi connectivity index (χ2n) is 4.19. The van der Waals surface area contributed by atoms with Crippen LogP contribution >= 0.6 is 12.2 Å². The Morgan fingerprint density at radius 1 is 1.45 bits per heavy atom. The number of pyridine rings is 1. The molecular formula is C14H15N3O2S. The summed E-state index contributed by atoms with van der Waals surface area (Å²) in [7, 11) is 1.36. The van der Waals surface area contributed by atoms with E-state index in [1.807, 2.05) is 30.3 Å². The van der Waals surface area contributed by atoms with Crippen LogP contribution < -0.4 is 11.1 Å². The Hall–Kier alpha value is -2.21. The van der Waals surface area contributed by atoms with E-state index < -0.39 is 0 Å². The lowest BCUT2D eigenvalue weighted by Crippen LogP contribution is -2.16. The van der Waals surface area contributed by atoms with E-state index in [1.165, 1.54) is 7.11 Å². The number of hydrogen-bond donors (Lipinski definition) is 2. The molecule has 3 N–H and O–H groups in total. The molecule has 104 valence electrons. The quantitative estimate of drug-likeness (QED) is 0.646. The standard InChI is InChI=1S/C14H15N3O2S/c1-19-12(18)6-7-16-14-10(13(15)20)8-9-4-2-3-5-11(9)17-14/h2-5,8H,6-7H2,1H3,(H2,15,20)(H,16,17). The predicted molar refractivity (Wildman–Crippen MR) is 82.8 cm³/mol. The first kappa shape index (κ1) is 14.2. The molecule has 0 aliphatic heterocycles. The van der Waals surface area contributed by atoms with Gasteiger partial charge in [0.2, 0.25) is 0 Å². The van der Waals surface area contributed by atoms with Crippen LogP contribution in [0.25, 0.3) is 10.9 Å². The number of esters is 1. The molecule has 1 aromatic heterocycles. The van der Waals surface area contributed by atoms with Crippen LogP contribution in [0.3, 0.4) is 0 Å². The van der Waals surface area contributed by atoms with Crippen molar-refractivity contribution in [3.8, 4) is 0 Å². The van der Waals surface area contributed by atoms with Crippen molar-refractivity contribution in [2.45, 2.75) is 6.42 Å². The average molecular weight is 289 g/mol. The Morgan fingerprint density at radius 2 is 2.20 bits per heavy atom. The van der Waals surface area contributed by atoms with Crippen LogP contribution in [-0.2, 0) is 9.53 Å². The number of anilines is 1. The minimum Gasteiger partial charge on any atom is -0.469 e. The molecule has 1 heterocycles. The molecule has 0 unspecified atom stereocenters. The molecule has 0 radical (unpaired) electrons. The fraction of sp³-hybridized carbons (Fsp3) is 0.214. The number of carbonyl (C=O) groups excluding carboxylic acids is 1. The van der Waals surface area contributed by atoms with Crippen molar-refractivity contribution in [2.24, 2.45) is 5.73 Å². The lowest BCUT2D eigenvalue weighted by Gasteiger charge is -2.11. The highest BCUT2D eigenvalue weighted by molar-refractivity contribution is 7.80. The van der Waals surface area contributed by atoms with E-state index in [4.69, 9.17) is 18.0 Å². The van der Waals surface area contributed by atoms with Gasteiger partial charge in [-0.15, -0.1) is 0 Å². The minimum atomic E-state index is -0.282. The highest BCUT2D eigenvalue weighted by atomic mass is 32.1. The summed E-state index contributed by atoms with van der Waals surface area (Å²) in [5.41, 5.74) is 7.23. The van der Waals surface area contributed by atoms with Gasteiger partial charge in [0.1, 0.15) is 10.8 Å². The summed E-state index contributed by atoms with van der Waals surface area (Å²) in [4.78, 5) is 15.9. The molecule has 0 fully saturated rings. The molecule has 0 aliphatic rings. The lowest BCUT2D eigenvalue weighted by molar-refractivity contribution is -0.140. The van der Waals surface area contributed by atoms with Crippen LogP contribution in [0.1, 0.15) is 12.0 Å². The third-order valence-electron chi connectivity index (χ3n) is 2.84. The van der Waals surface area contributed by atoms with Crippen molar-refractivity contribution >= 4 is 39.9 Å². The fourth-order valence-electron chi connectivity index (χ4n) is 1.82. The number of thiocarbonyl (C=S) groups is 1. The Bertz CT molecular complexity index is 658.